The number of halogens is 2. The van der Waals surface area contributed by atoms with Crippen molar-refractivity contribution in [3.63, 3.8) is 0 Å². The molecule has 0 fully saturated rings. The van der Waals surface area contributed by atoms with Crippen molar-refractivity contribution in [3.05, 3.63) is 12.2 Å². The van der Waals surface area contributed by atoms with Gasteiger partial charge in [0.1, 0.15) is 0 Å². The van der Waals surface area contributed by atoms with Crippen LogP contribution in [0.1, 0.15) is 13.3 Å². The zero-order valence-electron chi connectivity index (χ0n) is 10.9. The number of esters is 2. The zero-order valence-corrected chi connectivity index (χ0v) is 11.7. The Hall–Kier alpha value is -0.953. The van der Waals surface area contributed by atoms with E-state index in [0.717, 1.165) is 0 Å². The minimum atomic E-state index is -6.12. The van der Waals surface area contributed by atoms with Crippen LogP contribution in [-0.2, 0) is 29.2 Å². The molecule has 20 heavy (non-hydrogen) atoms. The van der Waals surface area contributed by atoms with Crippen molar-refractivity contribution in [1.82, 2.24) is 0 Å². The van der Waals surface area contributed by atoms with Crippen LogP contribution >= 0.6 is 0 Å². The fraction of sp³-hybridized carbons (Fsp3) is 0.556. The first-order chi connectivity index (χ1) is 8.50. The number of carbonyl (C=O) groups excluding carboxylic acids is 2. The van der Waals surface area contributed by atoms with E-state index in [1.165, 1.54) is 6.92 Å². The Morgan fingerprint density at radius 1 is 1.25 bits per heavy atom. The summed E-state index contributed by atoms with van der Waals surface area (Å²) in [5, 5.41) is -5.14. The summed E-state index contributed by atoms with van der Waals surface area (Å²) in [4.78, 5) is 21.5. The number of carbonyl (C=O) groups is 2. The molecule has 0 N–H and O–H groups in total. The van der Waals surface area contributed by atoms with Crippen molar-refractivity contribution >= 4 is 22.1 Å². The van der Waals surface area contributed by atoms with Crippen molar-refractivity contribution < 1.29 is 59.7 Å². The molecule has 0 aliphatic heterocycles. The molecule has 110 valence electrons. The summed E-state index contributed by atoms with van der Waals surface area (Å²) >= 11 is 0. The summed E-state index contributed by atoms with van der Waals surface area (Å²) in [5.41, 5.74) is 0.126. The van der Waals surface area contributed by atoms with Gasteiger partial charge in [-0.05, 0) is 6.92 Å². The van der Waals surface area contributed by atoms with Gasteiger partial charge in [0, 0.05) is 12.0 Å². The summed E-state index contributed by atoms with van der Waals surface area (Å²) in [6, 6.07) is 0. The van der Waals surface area contributed by atoms with Gasteiger partial charge in [0.05, 0.1) is 13.2 Å². The maximum Gasteiger partial charge on any atom is 1.00 e. The van der Waals surface area contributed by atoms with Crippen molar-refractivity contribution in [2.75, 3.05) is 13.2 Å². The topological polar surface area (TPSA) is 110 Å². The van der Waals surface area contributed by atoms with Crippen LogP contribution in [0.2, 0.25) is 0 Å². The third-order valence-electron chi connectivity index (χ3n) is 1.66. The number of ether oxygens (including phenoxy) is 2. The average molecular weight is 308 g/mol. The van der Waals surface area contributed by atoms with E-state index >= 15 is 0 Å². The summed E-state index contributed by atoms with van der Waals surface area (Å²) in [6.45, 7) is 3.80. The molecule has 0 rings (SSSR count). The van der Waals surface area contributed by atoms with E-state index in [1.807, 2.05) is 0 Å². The Bertz CT molecular complexity index is 475. The molecule has 0 atom stereocenters. The van der Waals surface area contributed by atoms with Crippen molar-refractivity contribution in [1.29, 1.82) is 0 Å². The first-order valence-electron chi connectivity index (χ1n) is 4.83. The predicted molar refractivity (Wildman–Crippen MR) is 56.0 cm³/mol. The molecule has 0 aliphatic carbocycles. The van der Waals surface area contributed by atoms with E-state index in [9.17, 15) is 31.3 Å². The minimum Gasteiger partial charge on any atom is -0.743 e. The molecular weight excluding hydrogens is 297 g/mol. The number of hydrogen-bond acceptors (Lipinski definition) is 7. The average Bonchev–Trinajstić information content (AvgIpc) is 2.26. The molecule has 0 aromatic heterocycles. The molecule has 0 heterocycles. The standard InChI is InChI=1S/C9H12F2O7S.Li/c1-6(2)7(12)17-4-3-5-18-8(13)9(10,11)19(14,15)16;/h1,3-5H2,2H3,(H,14,15,16);/q;+1/p-1. The maximum atomic E-state index is 12.6. The summed E-state index contributed by atoms with van der Waals surface area (Å²) in [6.07, 6.45) is -0.139. The maximum absolute atomic E-state index is 12.6. The second kappa shape index (κ2) is 8.36. The van der Waals surface area contributed by atoms with Gasteiger partial charge in [0.2, 0.25) is 0 Å². The quantitative estimate of drug-likeness (QED) is 0.164. The van der Waals surface area contributed by atoms with Gasteiger partial charge in [0.15, 0.2) is 10.1 Å². The molecule has 11 heteroatoms. The second-order valence-electron chi connectivity index (χ2n) is 3.38. The van der Waals surface area contributed by atoms with Crippen LogP contribution in [0.15, 0.2) is 12.2 Å². The minimum absolute atomic E-state index is 0. The molecule has 0 bridgehead atoms. The molecular formula is C9H11F2LiO7S. The van der Waals surface area contributed by atoms with Crippen LogP contribution in [0.4, 0.5) is 8.78 Å². The van der Waals surface area contributed by atoms with Gasteiger partial charge in [-0.2, -0.15) is 8.78 Å². The molecule has 0 aromatic carbocycles. The molecule has 0 saturated heterocycles. The molecule has 0 aliphatic rings. The van der Waals surface area contributed by atoms with Gasteiger partial charge in [-0.15, -0.1) is 0 Å². The Morgan fingerprint density at radius 2 is 1.70 bits per heavy atom. The van der Waals surface area contributed by atoms with Gasteiger partial charge in [0.25, 0.3) is 0 Å². The fourth-order valence-electron chi connectivity index (χ4n) is 0.698. The normalized spacial score (nSPS) is 11.2. The Morgan fingerprint density at radius 3 is 2.10 bits per heavy atom. The van der Waals surface area contributed by atoms with Gasteiger partial charge in [-0.1, -0.05) is 6.58 Å². The summed E-state index contributed by atoms with van der Waals surface area (Å²) in [5.74, 6) is -3.17. The summed E-state index contributed by atoms with van der Waals surface area (Å²) in [7, 11) is -6.12. The molecule has 0 radical (unpaired) electrons. The molecule has 0 amide bonds. The summed E-state index contributed by atoms with van der Waals surface area (Å²) < 4.78 is 63.8. The van der Waals surface area contributed by atoms with E-state index in [2.05, 4.69) is 16.1 Å². The van der Waals surface area contributed by atoms with Gasteiger partial charge in [-0.3, -0.25) is 0 Å². The largest absolute Gasteiger partial charge is 1.00 e. The number of rotatable bonds is 7. The van der Waals surface area contributed by atoms with Gasteiger partial charge in [-0.25, -0.2) is 18.0 Å². The fourth-order valence-corrected chi connectivity index (χ4v) is 0.961. The van der Waals surface area contributed by atoms with Crippen molar-refractivity contribution in [2.24, 2.45) is 0 Å². The van der Waals surface area contributed by atoms with Crippen LogP contribution in [0.5, 0.6) is 0 Å². The second-order valence-corrected chi connectivity index (χ2v) is 4.80. The first kappa shape index (κ1) is 21.3. The zero-order chi connectivity index (χ0) is 15.3. The van der Waals surface area contributed by atoms with Crippen LogP contribution in [-0.4, -0.2) is 43.4 Å². The SMILES string of the molecule is C=C(C)C(=O)OCCCOC(=O)C(F)(F)S(=O)(=O)[O-].[Li+]. The first-order valence-corrected chi connectivity index (χ1v) is 6.24. The smallest absolute Gasteiger partial charge is 0.743 e. The molecule has 0 saturated carbocycles. The van der Waals surface area contributed by atoms with Gasteiger partial charge >= 0.3 is 36.1 Å². The Labute approximate surface area is 126 Å². The van der Waals surface area contributed by atoms with E-state index in [4.69, 9.17) is 0 Å². The van der Waals surface area contributed by atoms with Gasteiger partial charge < -0.3 is 14.0 Å². The molecule has 7 nitrogen and oxygen atoms in total. The third-order valence-corrected chi connectivity index (χ3v) is 2.45. The number of alkyl halides is 2. The Kier molecular flexibility index (Phi) is 8.92. The van der Waals surface area contributed by atoms with Crippen LogP contribution in [0, 0.1) is 0 Å². The van der Waals surface area contributed by atoms with Crippen molar-refractivity contribution in [2.45, 2.75) is 18.6 Å². The van der Waals surface area contributed by atoms with E-state index in [0.29, 0.717) is 0 Å². The van der Waals surface area contributed by atoms with Crippen molar-refractivity contribution in [3.8, 4) is 0 Å². The van der Waals surface area contributed by atoms with E-state index in [1.54, 1.807) is 0 Å². The number of hydrogen-bond donors (Lipinski definition) is 0. The van der Waals surface area contributed by atoms with Crippen LogP contribution in [0.25, 0.3) is 0 Å². The molecule has 0 unspecified atom stereocenters. The Balaban J connectivity index is 0. The van der Waals surface area contributed by atoms with Crippen LogP contribution < -0.4 is 18.9 Å². The third kappa shape index (κ3) is 6.47. The van der Waals surface area contributed by atoms with Crippen LogP contribution in [0.3, 0.4) is 0 Å². The van der Waals surface area contributed by atoms with E-state index in [-0.39, 0.29) is 37.5 Å². The molecule has 0 aromatic rings. The van der Waals surface area contributed by atoms with E-state index < -0.39 is 33.9 Å². The monoisotopic (exact) mass is 308 g/mol. The molecule has 0 spiro atoms. The predicted octanol–water partition coefficient (Wildman–Crippen LogP) is -2.82.